The lowest BCUT2D eigenvalue weighted by Gasteiger charge is -2.15. The predicted octanol–water partition coefficient (Wildman–Crippen LogP) is 3.32. The van der Waals surface area contributed by atoms with Crippen LogP contribution in [0.15, 0.2) is 24.4 Å². The van der Waals surface area contributed by atoms with Crippen LogP contribution in [-0.4, -0.2) is 22.1 Å². The third kappa shape index (κ3) is 2.55. The lowest BCUT2D eigenvalue weighted by molar-refractivity contribution is -0.384. The topological polar surface area (TPSA) is 91.8 Å². The highest BCUT2D eigenvalue weighted by atomic mass is 19.1. The Morgan fingerprint density at radius 2 is 2.27 bits per heavy atom. The number of fused-ring (bicyclic) bond motifs is 1. The predicted molar refractivity (Wildman–Crippen MR) is 79.3 cm³/mol. The van der Waals surface area contributed by atoms with E-state index in [0.717, 1.165) is 0 Å². The smallest absolute Gasteiger partial charge is 0.311 e. The number of pyridine rings is 1. The molecule has 0 unspecified atom stereocenters. The van der Waals surface area contributed by atoms with Crippen molar-refractivity contribution >= 4 is 22.3 Å². The Bertz CT molecular complexity index is 787. The van der Waals surface area contributed by atoms with Crippen molar-refractivity contribution in [3.05, 3.63) is 40.1 Å². The molecule has 3 rings (SSSR count). The molecule has 1 aromatic heterocycles. The van der Waals surface area contributed by atoms with Gasteiger partial charge in [0.2, 0.25) is 0 Å². The Kier molecular flexibility index (Phi) is 3.59. The first-order valence-electron chi connectivity index (χ1n) is 6.96. The van der Waals surface area contributed by atoms with E-state index in [9.17, 15) is 14.5 Å². The van der Waals surface area contributed by atoms with Crippen molar-refractivity contribution in [2.24, 2.45) is 0 Å². The van der Waals surface area contributed by atoms with Crippen LogP contribution in [0.2, 0.25) is 0 Å². The van der Waals surface area contributed by atoms with E-state index in [-0.39, 0.29) is 11.7 Å². The van der Waals surface area contributed by atoms with Crippen molar-refractivity contribution in [1.82, 2.24) is 4.98 Å². The molecule has 1 saturated carbocycles. The summed E-state index contributed by atoms with van der Waals surface area (Å²) in [6, 6.07) is 6.69. The molecule has 0 spiro atoms. The van der Waals surface area contributed by atoms with Crippen LogP contribution in [0.4, 0.5) is 15.8 Å². The molecule has 1 heterocycles. The Balaban J connectivity index is 2.12. The molecule has 1 aliphatic rings. The Labute approximate surface area is 125 Å². The number of nitro groups is 1. The van der Waals surface area contributed by atoms with E-state index < -0.39 is 11.1 Å². The van der Waals surface area contributed by atoms with Crippen molar-refractivity contribution in [1.29, 1.82) is 5.26 Å². The van der Waals surface area contributed by atoms with Crippen molar-refractivity contribution in [3.63, 3.8) is 0 Å². The average Bonchev–Trinajstić information content (AvgIpc) is 2.92. The number of hydrogen-bond donors (Lipinski definition) is 1. The molecule has 0 bridgehead atoms. The number of nitrogens with zero attached hydrogens (tertiary/aromatic N) is 3. The van der Waals surface area contributed by atoms with Gasteiger partial charge in [-0.3, -0.25) is 10.1 Å². The largest absolute Gasteiger partial charge is 0.376 e. The van der Waals surface area contributed by atoms with E-state index in [4.69, 9.17) is 5.26 Å². The van der Waals surface area contributed by atoms with Crippen LogP contribution >= 0.6 is 0 Å². The van der Waals surface area contributed by atoms with Gasteiger partial charge in [0.15, 0.2) is 0 Å². The van der Waals surface area contributed by atoms with Crippen LogP contribution in [-0.2, 0) is 0 Å². The summed E-state index contributed by atoms with van der Waals surface area (Å²) in [6.45, 7) is 0. The summed E-state index contributed by atoms with van der Waals surface area (Å²) in [5, 5.41) is 23.8. The molecule has 2 atom stereocenters. The Morgan fingerprint density at radius 3 is 2.91 bits per heavy atom. The molecule has 2 aromatic rings. The zero-order valence-electron chi connectivity index (χ0n) is 11.6. The van der Waals surface area contributed by atoms with Crippen LogP contribution in [0.25, 0.3) is 10.9 Å². The van der Waals surface area contributed by atoms with E-state index >= 15 is 0 Å². The van der Waals surface area contributed by atoms with E-state index in [0.29, 0.717) is 41.4 Å². The molecule has 0 saturated heterocycles. The van der Waals surface area contributed by atoms with Gasteiger partial charge in [0, 0.05) is 11.4 Å². The molecular formula is C15H13FN4O2. The maximum Gasteiger partial charge on any atom is 0.311 e. The number of hydrogen-bond acceptors (Lipinski definition) is 5. The van der Waals surface area contributed by atoms with Gasteiger partial charge in [0.05, 0.1) is 22.1 Å². The molecule has 0 amide bonds. The highest BCUT2D eigenvalue weighted by Crippen LogP contribution is 2.35. The number of aromatic nitrogens is 1. The number of halogens is 1. The van der Waals surface area contributed by atoms with Crippen molar-refractivity contribution < 1.29 is 9.31 Å². The lowest BCUT2D eigenvalue weighted by Crippen LogP contribution is -2.17. The molecule has 0 radical (unpaired) electrons. The summed E-state index contributed by atoms with van der Waals surface area (Å²) >= 11 is 0. The number of nitriles is 1. The minimum absolute atomic E-state index is 0.148. The van der Waals surface area contributed by atoms with Crippen molar-refractivity contribution in [2.75, 3.05) is 5.32 Å². The van der Waals surface area contributed by atoms with Gasteiger partial charge in [-0.2, -0.15) is 5.26 Å². The molecule has 7 heteroatoms. The van der Waals surface area contributed by atoms with Gasteiger partial charge < -0.3 is 5.32 Å². The van der Waals surface area contributed by atoms with Gasteiger partial charge in [0.1, 0.15) is 18.1 Å². The van der Waals surface area contributed by atoms with Gasteiger partial charge in [0.25, 0.3) is 0 Å². The molecule has 22 heavy (non-hydrogen) atoms. The van der Waals surface area contributed by atoms with Crippen molar-refractivity contribution in [3.8, 4) is 6.07 Å². The molecule has 6 nitrogen and oxygen atoms in total. The summed E-state index contributed by atoms with van der Waals surface area (Å²) in [7, 11) is 0. The highest BCUT2D eigenvalue weighted by Gasteiger charge is 2.27. The standard InChI is InChI=1S/C15H13FN4O2/c16-10-2-3-11(6-10)19-15-12-5-9(7-17)1-4-13(12)18-8-14(15)20(21)22/h1,4-5,8,10-11H,2-3,6H2,(H,18,19)/t10-,11+/m1/s1. The number of nitrogens with one attached hydrogen (secondary N) is 1. The highest BCUT2D eigenvalue weighted by molar-refractivity contribution is 5.96. The minimum Gasteiger partial charge on any atom is -0.376 e. The van der Waals surface area contributed by atoms with Gasteiger partial charge >= 0.3 is 5.69 Å². The summed E-state index contributed by atoms with van der Waals surface area (Å²) < 4.78 is 13.3. The second-order valence-electron chi connectivity index (χ2n) is 5.37. The second kappa shape index (κ2) is 5.56. The van der Waals surface area contributed by atoms with Crippen molar-refractivity contribution in [2.45, 2.75) is 31.5 Å². The van der Waals surface area contributed by atoms with Gasteiger partial charge in [-0.05, 0) is 37.5 Å². The zero-order chi connectivity index (χ0) is 15.7. The van der Waals surface area contributed by atoms with Gasteiger partial charge in [-0.25, -0.2) is 9.37 Å². The molecule has 1 N–H and O–H groups in total. The summed E-state index contributed by atoms with van der Waals surface area (Å²) in [6.07, 6.45) is 1.73. The fourth-order valence-electron chi connectivity index (χ4n) is 2.80. The van der Waals surface area contributed by atoms with Gasteiger partial charge in [-0.15, -0.1) is 0 Å². The molecule has 0 aliphatic heterocycles. The first-order valence-corrected chi connectivity index (χ1v) is 6.96. The maximum absolute atomic E-state index is 13.3. The molecular weight excluding hydrogens is 287 g/mol. The van der Waals surface area contributed by atoms with Crippen LogP contribution in [0.5, 0.6) is 0 Å². The van der Waals surface area contributed by atoms with E-state index in [1.54, 1.807) is 18.2 Å². The van der Waals surface area contributed by atoms with E-state index in [2.05, 4.69) is 10.3 Å². The Morgan fingerprint density at radius 1 is 1.45 bits per heavy atom. The number of benzene rings is 1. The lowest BCUT2D eigenvalue weighted by atomic mass is 10.1. The molecule has 1 aliphatic carbocycles. The molecule has 1 fully saturated rings. The first kappa shape index (κ1) is 14.2. The fourth-order valence-corrected chi connectivity index (χ4v) is 2.80. The maximum atomic E-state index is 13.3. The van der Waals surface area contributed by atoms with Crippen LogP contribution in [0, 0.1) is 21.4 Å². The zero-order valence-corrected chi connectivity index (χ0v) is 11.6. The molecule has 1 aromatic carbocycles. The fraction of sp³-hybridized carbons (Fsp3) is 0.333. The summed E-state index contributed by atoms with van der Waals surface area (Å²) in [5.41, 5.74) is 1.10. The Hall–Kier alpha value is -2.75. The summed E-state index contributed by atoms with van der Waals surface area (Å²) in [4.78, 5) is 14.8. The van der Waals surface area contributed by atoms with Crippen LogP contribution < -0.4 is 5.32 Å². The molecule has 112 valence electrons. The third-order valence-corrected chi connectivity index (χ3v) is 3.89. The normalized spacial score (nSPS) is 20.7. The monoisotopic (exact) mass is 300 g/mol. The number of rotatable bonds is 3. The minimum atomic E-state index is -0.876. The summed E-state index contributed by atoms with van der Waals surface area (Å²) in [5.74, 6) is 0. The first-order chi connectivity index (χ1) is 10.6. The van der Waals surface area contributed by atoms with E-state index in [1.807, 2.05) is 6.07 Å². The number of anilines is 1. The second-order valence-corrected chi connectivity index (χ2v) is 5.37. The van der Waals surface area contributed by atoms with Crippen LogP contribution in [0.3, 0.4) is 0 Å². The SMILES string of the molecule is N#Cc1ccc2ncc([N+](=O)[O-])c(N[C@H]3CC[C@@H](F)C3)c2c1. The number of alkyl halides is 1. The quantitative estimate of drug-likeness (QED) is 0.693. The average molecular weight is 300 g/mol. The third-order valence-electron chi connectivity index (χ3n) is 3.89. The van der Waals surface area contributed by atoms with Gasteiger partial charge in [-0.1, -0.05) is 0 Å². The van der Waals surface area contributed by atoms with E-state index in [1.165, 1.54) is 6.20 Å². The van der Waals surface area contributed by atoms with Crippen LogP contribution in [0.1, 0.15) is 24.8 Å².